The van der Waals surface area contributed by atoms with E-state index in [0.717, 1.165) is 11.7 Å². The quantitative estimate of drug-likeness (QED) is 0.861. The van der Waals surface area contributed by atoms with Gasteiger partial charge in [0, 0.05) is 0 Å². The SMILES string of the molecule is CCOc1ccc(C(CN)C2CCCC(C)C2)cc1Cl. The lowest BCUT2D eigenvalue weighted by molar-refractivity contribution is 0.248. The van der Waals surface area contributed by atoms with Crippen molar-refractivity contribution in [3.63, 3.8) is 0 Å². The minimum Gasteiger partial charge on any atom is -0.492 e. The number of nitrogens with two attached hydrogens (primary N) is 1. The Labute approximate surface area is 127 Å². The molecule has 1 fully saturated rings. The predicted molar refractivity (Wildman–Crippen MR) is 85.5 cm³/mol. The summed E-state index contributed by atoms with van der Waals surface area (Å²) in [7, 11) is 0. The van der Waals surface area contributed by atoms with Gasteiger partial charge < -0.3 is 10.5 Å². The first-order valence-corrected chi connectivity index (χ1v) is 8.15. The minimum atomic E-state index is 0.422. The van der Waals surface area contributed by atoms with E-state index < -0.39 is 0 Å². The normalized spacial score (nSPS) is 24.4. The van der Waals surface area contributed by atoms with Crippen molar-refractivity contribution in [1.29, 1.82) is 0 Å². The summed E-state index contributed by atoms with van der Waals surface area (Å²) in [5.41, 5.74) is 7.32. The molecular weight excluding hydrogens is 270 g/mol. The summed E-state index contributed by atoms with van der Waals surface area (Å²) >= 11 is 6.31. The van der Waals surface area contributed by atoms with Gasteiger partial charge in [-0.3, -0.25) is 0 Å². The first-order chi connectivity index (χ1) is 9.65. The van der Waals surface area contributed by atoms with E-state index in [0.29, 0.717) is 30.0 Å². The Morgan fingerprint density at radius 2 is 2.20 bits per heavy atom. The minimum absolute atomic E-state index is 0.422. The van der Waals surface area contributed by atoms with Crippen LogP contribution in [0.3, 0.4) is 0 Å². The van der Waals surface area contributed by atoms with Gasteiger partial charge in [-0.25, -0.2) is 0 Å². The third-order valence-corrected chi connectivity index (χ3v) is 4.78. The summed E-state index contributed by atoms with van der Waals surface area (Å²) in [4.78, 5) is 0. The first-order valence-electron chi connectivity index (χ1n) is 7.78. The van der Waals surface area contributed by atoms with Gasteiger partial charge in [0.1, 0.15) is 5.75 Å². The molecule has 1 aromatic rings. The third kappa shape index (κ3) is 3.67. The van der Waals surface area contributed by atoms with Gasteiger partial charge in [0.05, 0.1) is 11.6 Å². The fourth-order valence-electron chi connectivity index (χ4n) is 3.47. The first kappa shape index (κ1) is 15.7. The summed E-state index contributed by atoms with van der Waals surface area (Å²) in [5, 5.41) is 0.701. The summed E-state index contributed by atoms with van der Waals surface area (Å²) in [6.45, 7) is 5.66. The number of ether oxygens (including phenoxy) is 1. The van der Waals surface area contributed by atoms with Crippen molar-refractivity contribution in [2.24, 2.45) is 17.6 Å². The molecule has 1 saturated carbocycles. The summed E-state index contributed by atoms with van der Waals surface area (Å²) in [5.74, 6) is 2.70. The number of halogens is 1. The Morgan fingerprint density at radius 1 is 1.40 bits per heavy atom. The van der Waals surface area contributed by atoms with Gasteiger partial charge in [0.15, 0.2) is 0 Å². The lowest BCUT2D eigenvalue weighted by atomic mass is 9.73. The van der Waals surface area contributed by atoms with E-state index in [1.807, 2.05) is 19.1 Å². The molecule has 2 N–H and O–H groups in total. The van der Waals surface area contributed by atoms with Crippen molar-refractivity contribution in [3.05, 3.63) is 28.8 Å². The highest BCUT2D eigenvalue weighted by Gasteiger charge is 2.27. The van der Waals surface area contributed by atoms with Gasteiger partial charge >= 0.3 is 0 Å². The molecule has 3 heteroatoms. The van der Waals surface area contributed by atoms with Crippen LogP contribution in [0.4, 0.5) is 0 Å². The highest BCUT2D eigenvalue weighted by atomic mass is 35.5. The van der Waals surface area contributed by atoms with Crippen molar-refractivity contribution >= 4 is 11.6 Å². The van der Waals surface area contributed by atoms with Crippen LogP contribution >= 0.6 is 11.6 Å². The van der Waals surface area contributed by atoms with Crippen LogP contribution in [-0.2, 0) is 0 Å². The van der Waals surface area contributed by atoms with Crippen molar-refractivity contribution in [2.75, 3.05) is 13.2 Å². The summed E-state index contributed by atoms with van der Waals surface area (Å²) in [6.07, 6.45) is 5.26. The van der Waals surface area contributed by atoms with E-state index in [1.54, 1.807) is 0 Å². The van der Waals surface area contributed by atoms with Crippen LogP contribution in [0.15, 0.2) is 18.2 Å². The van der Waals surface area contributed by atoms with Crippen molar-refractivity contribution in [3.8, 4) is 5.75 Å². The molecule has 112 valence electrons. The summed E-state index contributed by atoms with van der Waals surface area (Å²) in [6, 6.07) is 6.16. The van der Waals surface area contributed by atoms with Crippen molar-refractivity contribution in [2.45, 2.75) is 45.4 Å². The molecule has 1 aromatic carbocycles. The number of hydrogen-bond acceptors (Lipinski definition) is 2. The molecule has 3 unspecified atom stereocenters. The van der Waals surface area contributed by atoms with Gasteiger partial charge in [-0.15, -0.1) is 0 Å². The van der Waals surface area contributed by atoms with E-state index in [1.165, 1.54) is 31.2 Å². The lowest BCUT2D eigenvalue weighted by Crippen LogP contribution is -2.26. The molecule has 0 spiro atoms. The molecule has 2 rings (SSSR count). The molecule has 0 amide bonds. The third-order valence-electron chi connectivity index (χ3n) is 4.48. The Balaban J connectivity index is 2.16. The molecule has 20 heavy (non-hydrogen) atoms. The highest BCUT2D eigenvalue weighted by Crippen LogP contribution is 2.39. The monoisotopic (exact) mass is 295 g/mol. The molecule has 0 bridgehead atoms. The van der Waals surface area contributed by atoms with Crippen LogP contribution in [-0.4, -0.2) is 13.2 Å². The van der Waals surface area contributed by atoms with E-state index in [-0.39, 0.29) is 0 Å². The fraction of sp³-hybridized carbons (Fsp3) is 0.647. The molecule has 0 heterocycles. The number of benzene rings is 1. The molecule has 0 saturated heterocycles. The van der Waals surface area contributed by atoms with Crippen LogP contribution in [0.1, 0.15) is 51.0 Å². The summed E-state index contributed by atoms with van der Waals surface area (Å²) < 4.78 is 5.50. The van der Waals surface area contributed by atoms with Gasteiger partial charge in [0.25, 0.3) is 0 Å². The number of rotatable bonds is 5. The van der Waals surface area contributed by atoms with Crippen LogP contribution in [0.5, 0.6) is 5.75 Å². The average Bonchev–Trinajstić information content (AvgIpc) is 2.43. The molecule has 0 aromatic heterocycles. The molecule has 0 aliphatic heterocycles. The van der Waals surface area contributed by atoms with Gasteiger partial charge in [0.2, 0.25) is 0 Å². The van der Waals surface area contributed by atoms with E-state index >= 15 is 0 Å². The zero-order valence-electron chi connectivity index (χ0n) is 12.6. The van der Waals surface area contributed by atoms with E-state index in [9.17, 15) is 0 Å². The Bertz CT molecular complexity index is 435. The molecule has 1 aliphatic rings. The Hall–Kier alpha value is -0.730. The maximum atomic E-state index is 6.31. The van der Waals surface area contributed by atoms with Gasteiger partial charge in [-0.05, 0) is 61.8 Å². The molecule has 3 atom stereocenters. The molecule has 1 aliphatic carbocycles. The topological polar surface area (TPSA) is 35.2 Å². The maximum absolute atomic E-state index is 6.31. The predicted octanol–water partition coefficient (Wildman–Crippen LogP) is 4.61. The van der Waals surface area contributed by atoms with Crippen LogP contribution in [0.25, 0.3) is 0 Å². The zero-order chi connectivity index (χ0) is 14.5. The maximum Gasteiger partial charge on any atom is 0.137 e. The Kier molecular flexibility index (Phi) is 5.74. The van der Waals surface area contributed by atoms with E-state index in [2.05, 4.69) is 13.0 Å². The van der Waals surface area contributed by atoms with Crippen molar-refractivity contribution < 1.29 is 4.74 Å². The van der Waals surface area contributed by atoms with Crippen LogP contribution < -0.4 is 10.5 Å². The Morgan fingerprint density at radius 3 is 2.80 bits per heavy atom. The second-order valence-electron chi connectivity index (χ2n) is 6.00. The zero-order valence-corrected chi connectivity index (χ0v) is 13.3. The standard InChI is InChI=1S/C17H26ClNO/c1-3-20-17-8-7-14(10-16(17)18)15(11-19)13-6-4-5-12(2)9-13/h7-8,10,12-13,15H,3-6,9,11,19H2,1-2H3. The molecule has 2 nitrogen and oxygen atoms in total. The number of hydrogen-bond donors (Lipinski definition) is 1. The van der Waals surface area contributed by atoms with Crippen molar-refractivity contribution in [1.82, 2.24) is 0 Å². The second kappa shape index (κ2) is 7.33. The van der Waals surface area contributed by atoms with E-state index in [4.69, 9.17) is 22.1 Å². The second-order valence-corrected chi connectivity index (χ2v) is 6.40. The largest absolute Gasteiger partial charge is 0.492 e. The van der Waals surface area contributed by atoms with Crippen LogP contribution in [0, 0.1) is 11.8 Å². The highest BCUT2D eigenvalue weighted by molar-refractivity contribution is 6.32. The van der Waals surface area contributed by atoms with Gasteiger partial charge in [-0.2, -0.15) is 0 Å². The lowest BCUT2D eigenvalue weighted by Gasteiger charge is -2.33. The smallest absolute Gasteiger partial charge is 0.137 e. The molecule has 0 radical (unpaired) electrons. The fourth-order valence-corrected chi connectivity index (χ4v) is 3.71. The molecular formula is C17H26ClNO. The average molecular weight is 296 g/mol. The van der Waals surface area contributed by atoms with Crippen LogP contribution in [0.2, 0.25) is 5.02 Å². The van der Waals surface area contributed by atoms with Gasteiger partial charge in [-0.1, -0.05) is 37.4 Å².